The third-order valence-electron chi connectivity index (χ3n) is 3.14. The van der Waals surface area contributed by atoms with Gasteiger partial charge in [0, 0.05) is 23.8 Å². The van der Waals surface area contributed by atoms with Gasteiger partial charge in [-0.25, -0.2) is 0 Å². The molecule has 0 radical (unpaired) electrons. The van der Waals surface area contributed by atoms with Gasteiger partial charge in [0.15, 0.2) is 0 Å². The predicted molar refractivity (Wildman–Crippen MR) is 86.1 cm³/mol. The number of nitrogens with one attached hydrogen (secondary N) is 2. The molecule has 110 valence electrons. The monoisotopic (exact) mass is 274 g/mol. The molecule has 3 nitrogen and oxygen atoms in total. The zero-order valence-electron chi connectivity index (χ0n) is 12.8. The van der Waals surface area contributed by atoms with E-state index in [1.54, 1.807) is 6.08 Å². The van der Waals surface area contributed by atoms with Crippen molar-refractivity contribution in [3.05, 3.63) is 42.5 Å². The highest BCUT2D eigenvalue weighted by Gasteiger charge is 2.06. The van der Waals surface area contributed by atoms with Gasteiger partial charge in [0.05, 0.1) is 0 Å². The second-order valence-corrected chi connectivity index (χ2v) is 5.59. The van der Waals surface area contributed by atoms with Crippen LogP contribution in [0.5, 0.6) is 0 Å². The molecule has 1 unspecified atom stereocenters. The van der Waals surface area contributed by atoms with E-state index in [2.05, 4.69) is 38.0 Å². The largest absolute Gasteiger partial charge is 0.383 e. The molecule has 0 aromatic heterocycles. The van der Waals surface area contributed by atoms with Gasteiger partial charge >= 0.3 is 0 Å². The second kappa shape index (κ2) is 8.41. The lowest BCUT2D eigenvalue weighted by atomic mass is 10.0. The van der Waals surface area contributed by atoms with Crippen LogP contribution in [0.3, 0.4) is 0 Å². The fraction of sp³-hybridized carbons (Fsp3) is 0.471. The first-order valence-electron chi connectivity index (χ1n) is 7.28. The lowest BCUT2D eigenvalue weighted by molar-refractivity contribution is 0.0958. The van der Waals surface area contributed by atoms with Gasteiger partial charge in [-0.3, -0.25) is 4.79 Å². The van der Waals surface area contributed by atoms with Crippen LogP contribution in [0.2, 0.25) is 0 Å². The van der Waals surface area contributed by atoms with Gasteiger partial charge in [-0.05, 0) is 49.9 Å². The predicted octanol–water partition coefficient (Wildman–Crippen LogP) is 3.84. The van der Waals surface area contributed by atoms with Crippen molar-refractivity contribution in [1.82, 2.24) is 5.32 Å². The number of anilines is 1. The van der Waals surface area contributed by atoms with E-state index >= 15 is 0 Å². The molecular formula is C17H26N2O. The molecule has 0 aliphatic heterocycles. The molecule has 20 heavy (non-hydrogen) atoms. The van der Waals surface area contributed by atoms with E-state index in [0.29, 0.717) is 18.2 Å². The van der Waals surface area contributed by atoms with Gasteiger partial charge in [-0.1, -0.05) is 19.9 Å². The lowest BCUT2D eigenvalue weighted by Gasteiger charge is -2.16. The van der Waals surface area contributed by atoms with Crippen LogP contribution >= 0.6 is 0 Å². The van der Waals surface area contributed by atoms with Crippen LogP contribution in [0.1, 0.15) is 44.0 Å². The minimum Gasteiger partial charge on any atom is -0.383 e. The van der Waals surface area contributed by atoms with Crippen molar-refractivity contribution >= 4 is 11.6 Å². The number of rotatable bonds is 8. The molecule has 0 saturated carbocycles. The van der Waals surface area contributed by atoms with Crippen LogP contribution in [-0.2, 0) is 0 Å². The third kappa shape index (κ3) is 5.91. The van der Waals surface area contributed by atoms with E-state index in [0.717, 1.165) is 18.0 Å². The van der Waals surface area contributed by atoms with Crippen molar-refractivity contribution in [2.75, 3.05) is 11.9 Å². The molecule has 0 spiro atoms. The average molecular weight is 274 g/mol. The zero-order chi connectivity index (χ0) is 15.0. The Morgan fingerprint density at radius 2 is 1.85 bits per heavy atom. The number of hydrogen-bond acceptors (Lipinski definition) is 2. The molecule has 0 saturated heterocycles. The summed E-state index contributed by atoms with van der Waals surface area (Å²) < 4.78 is 0. The summed E-state index contributed by atoms with van der Waals surface area (Å²) >= 11 is 0. The molecule has 1 amide bonds. The number of carbonyl (C=O) groups excluding carboxylic acids is 1. The summed E-state index contributed by atoms with van der Waals surface area (Å²) in [5, 5.41) is 6.22. The second-order valence-electron chi connectivity index (χ2n) is 5.59. The Bertz CT molecular complexity index is 423. The minimum absolute atomic E-state index is 0.0655. The van der Waals surface area contributed by atoms with Crippen molar-refractivity contribution in [3.8, 4) is 0 Å². The van der Waals surface area contributed by atoms with Crippen LogP contribution in [0.25, 0.3) is 0 Å². The number of amides is 1. The summed E-state index contributed by atoms with van der Waals surface area (Å²) in [5.74, 6) is 0.666. The SMILES string of the molecule is C=CCNC(=O)c1ccc(NC(C)CCC(C)C)cc1. The number of carbonyl (C=O) groups is 1. The maximum absolute atomic E-state index is 11.7. The van der Waals surface area contributed by atoms with Crippen LogP contribution in [0.15, 0.2) is 36.9 Å². The Morgan fingerprint density at radius 1 is 1.20 bits per heavy atom. The van der Waals surface area contributed by atoms with Crippen molar-refractivity contribution in [2.24, 2.45) is 5.92 Å². The van der Waals surface area contributed by atoms with E-state index in [1.807, 2.05) is 24.3 Å². The molecule has 1 aromatic rings. The van der Waals surface area contributed by atoms with Gasteiger partial charge in [-0.15, -0.1) is 6.58 Å². The van der Waals surface area contributed by atoms with E-state index in [-0.39, 0.29) is 5.91 Å². The minimum atomic E-state index is -0.0655. The van der Waals surface area contributed by atoms with Crippen molar-refractivity contribution < 1.29 is 4.79 Å². The third-order valence-corrected chi connectivity index (χ3v) is 3.14. The number of benzene rings is 1. The van der Waals surface area contributed by atoms with Crippen LogP contribution < -0.4 is 10.6 Å². The highest BCUT2D eigenvalue weighted by atomic mass is 16.1. The standard InChI is InChI=1S/C17H26N2O/c1-5-12-18-17(20)15-8-10-16(11-9-15)19-14(4)7-6-13(2)3/h5,8-11,13-14,19H,1,6-7,12H2,2-4H3,(H,18,20). The van der Waals surface area contributed by atoms with E-state index < -0.39 is 0 Å². The first-order valence-corrected chi connectivity index (χ1v) is 7.28. The zero-order valence-corrected chi connectivity index (χ0v) is 12.8. The Labute approximate surface area is 122 Å². The van der Waals surface area contributed by atoms with Crippen LogP contribution in [0, 0.1) is 5.92 Å². The normalized spacial score (nSPS) is 12.0. The summed E-state index contributed by atoms with van der Waals surface area (Å²) in [7, 11) is 0. The first-order chi connectivity index (χ1) is 9.52. The summed E-state index contributed by atoms with van der Waals surface area (Å²) in [6.07, 6.45) is 4.04. The molecule has 1 aromatic carbocycles. The Morgan fingerprint density at radius 3 is 2.40 bits per heavy atom. The molecule has 3 heteroatoms. The van der Waals surface area contributed by atoms with Gasteiger partial charge in [0.1, 0.15) is 0 Å². The number of hydrogen-bond donors (Lipinski definition) is 2. The van der Waals surface area contributed by atoms with Gasteiger partial charge in [0.25, 0.3) is 5.91 Å². The summed E-state index contributed by atoms with van der Waals surface area (Å²) in [4.78, 5) is 11.7. The summed E-state index contributed by atoms with van der Waals surface area (Å²) in [5.41, 5.74) is 1.73. The Hall–Kier alpha value is -1.77. The van der Waals surface area contributed by atoms with Gasteiger partial charge < -0.3 is 10.6 Å². The average Bonchev–Trinajstić information content (AvgIpc) is 2.43. The van der Waals surface area contributed by atoms with Crippen LogP contribution in [0.4, 0.5) is 5.69 Å². The Kier molecular flexibility index (Phi) is 6.85. The van der Waals surface area contributed by atoms with E-state index in [1.165, 1.54) is 6.42 Å². The highest BCUT2D eigenvalue weighted by Crippen LogP contribution is 2.14. The van der Waals surface area contributed by atoms with Gasteiger partial charge in [0.2, 0.25) is 0 Å². The molecule has 0 bridgehead atoms. The molecule has 0 aliphatic carbocycles. The van der Waals surface area contributed by atoms with Crippen molar-refractivity contribution in [1.29, 1.82) is 0 Å². The molecule has 0 aliphatic rings. The molecule has 2 N–H and O–H groups in total. The molecule has 1 rings (SSSR count). The molecule has 1 atom stereocenters. The first kappa shape index (κ1) is 16.3. The molecular weight excluding hydrogens is 248 g/mol. The molecule has 0 fully saturated rings. The van der Waals surface area contributed by atoms with E-state index in [9.17, 15) is 4.79 Å². The fourth-order valence-corrected chi connectivity index (χ4v) is 1.92. The smallest absolute Gasteiger partial charge is 0.251 e. The highest BCUT2D eigenvalue weighted by molar-refractivity contribution is 5.94. The topological polar surface area (TPSA) is 41.1 Å². The lowest BCUT2D eigenvalue weighted by Crippen LogP contribution is -2.23. The quantitative estimate of drug-likeness (QED) is 0.707. The maximum Gasteiger partial charge on any atom is 0.251 e. The van der Waals surface area contributed by atoms with Gasteiger partial charge in [-0.2, -0.15) is 0 Å². The maximum atomic E-state index is 11.7. The summed E-state index contributed by atoms with van der Waals surface area (Å²) in [6, 6.07) is 8.03. The van der Waals surface area contributed by atoms with E-state index in [4.69, 9.17) is 0 Å². The molecule has 0 heterocycles. The van der Waals surface area contributed by atoms with Crippen LogP contribution in [-0.4, -0.2) is 18.5 Å². The fourth-order valence-electron chi connectivity index (χ4n) is 1.92. The Balaban J connectivity index is 2.49. The van der Waals surface area contributed by atoms with Crippen molar-refractivity contribution in [2.45, 2.75) is 39.7 Å². The summed E-state index contributed by atoms with van der Waals surface area (Å²) in [6.45, 7) is 10.7. The van der Waals surface area contributed by atoms with Crippen molar-refractivity contribution in [3.63, 3.8) is 0 Å².